The summed E-state index contributed by atoms with van der Waals surface area (Å²) in [6.07, 6.45) is 1.40. The highest BCUT2D eigenvalue weighted by atomic mass is 16.6. The van der Waals surface area contributed by atoms with Crippen molar-refractivity contribution in [3.05, 3.63) is 35.5 Å². The number of aliphatic hydroxyl groups is 1. The normalized spacial score (nSPS) is 34.7. The lowest BCUT2D eigenvalue weighted by atomic mass is 9.61. The van der Waals surface area contributed by atoms with Gasteiger partial charge in [-0.3, -0.25) is 9.78 Å². The van der Waals surface area contributed by atoms with Crippen molar-refractivity contribution in [1.29, 1.82) is 0 Å². The van der Waals surface area contributed by atoms with Gasteiger partial charge in [0.1, 0.15) is 18.1 Å². The monoisotopic (exact) mass is 367 g/mol. The van der Waals surface area contributed by atoms with Gasteiger partial charge < -0.3 is 14.9 Å². The Hall–Kier alpha value is -2.47. The van der Waals surface area contributed by atoms with Crippen LogP contribution in [0.2, 0.25) is 0 Å². The number of benzene rings is 1. The number of pyridine rings is 1. The Labute approximate surface area is 156 Å². The van der Waals surface area contributed by atoms with Crippen molar-refractivity contribution in [2.24, 2.45) is 17.8 Å². The summed E-state index contributed by atoms with van der Waals surface area (Å²) >= 11 is 0. The number of ketones is 1. The minimum Gasteiger partial charge on any atom is -0.508 e. The van der Waals surface area contributed by atoms with E-state index >= 15 is 0 Å². The number of hydrogen-bond donors (Lipinski definition) is 2. The first-order valence-electron chi connectivity index (χ1n) is 9.48. The van der Waals surface area contributed by atoms with Crippen molar-refractivity contribution >= 4 is 22.7 Å². The predicted molar refractivity (Wildman–Crippen MR) is 96.1 cm³/mol. The van der Waals surface area contributed by atoms with Crippen LogP contribution in [0.4, 0.5) is 0 Å². The van der Waals surface area contributed by atoms with Gasteiger partial charge >= 0.3 is 5.97 Å². The molecule has 2 heterocycles. The van der Waals surface area contributed by atoms with E-state index < -0.39 is 23.4 Å². The third-order valence-electron chi connectivity index (χ3n) is 6.81. The average Bonchev–Trinajstić information content (AvgIpc) is 3.01. The summed E-state index contributed by atoms with van der Waals surface area (Å²) in [5.41, 5.74) is 1.08. The lowest BCUT2D eigenvalue weighted by molar-refractivity contribution is -0.197. The van der Waals surface area contributed by atoms with Gasteiger partial charge in [-0.05, 0) is 49.1 Å². The highest BCUT2D eigenvalue weighted by molar-refractivity contribution is 5.91. The Morgan fingerprint density at radius 1 is 1.22 bits per heavy atom. The van der Waals surface area contributed by atoms with Gasteiger partial charge in [0.25, 0.3) is 0 Å². The van der Waals surface area contributed by atoms with Crippen molar-refractivity contribution in [2.45, 2.75) is 37.7 Å². The van der Waals surface area contributed by atoms with Crippen molar-refractivity contribution < 1.29 is 24.5 Å². The van der Waals surface area contributed by atoms with Crippen molar-refractivity contribution in [1.82, 2.24) is 4.98 Å². The first kappa shape index (κ1) is 16.7. The molecule has 5 rings (SSSR count). The molecule has 1 aromatic heterocycles. The summed E-state index contributed by atoms with van der Waals surface area (Å²) < 4.78 is 5.17. The number of ether oxygens (including phenoxy) is 1. The van der Waals surface area contributed by atoms with Crippen LogP contribution in [0.15, 0.2) is 24.3 Å². The van der Waals surface area contributed by atoms with Crippen LogP contribution >= 0.6 is 0 Å². The van der Waals surface area contributed by atoms with Crippen LogP contribution in [0.5, 0.6) is 5.75 Å². The van der Waals surface area contributed by atoms with Crippen LogP contribution in [0.1, 0.15) is 36.9 Å². The molecule has 4 unspecified atom stereocenters. The number of aromatic nitrogens is 1. The number of nitrogens with zero attached hydrogens (tertiary/aromatic N) is 1. The fourth-order valence-corrected chi connectivity index (χ4v) is 5.34. The summed E-state index contributed by atoms with van der Waals surface area (Å²) in [5, 5.41) is 21.5. The highest BCUT2D eigenvalue weighted by Gasteiger charge is 2.59. The van der Waals surface area contributed by atoms with E-state index in [0.717, 1.165) is 22.2 Å². The Balaban J connectivity index is 1.60. The topological polar surface area (TPSA) is 96.7 Å². The minimum absolute atomic E-state index is 0.0630. The fourth-order valence-electron chi connectivity index (χ4n) is 5.34. The molecule has 2 aliphatic carbocycles. The molecule has 0 amide bonds. The molecule has 1 saturated carbocycles. The molecular weight excluding hydrogens is 346 g/mol. The average molecular weight is 367 g/mol. The van der Waals surface area contributed by atoms with Gasteiger partial charge in [-0.25, -0.2) is 4.79 Å². The van der Waals surface area contributed by atoms with Gasteiger partial charge in [-0.2, -0.15) is 0 Å². The lowest BCUT2D eigenvalue weighted by Gasteiger charge is -2.47. The van der Waals surface area contributed by atoms with E-state index in [1.165, 1.54) is 0 Å². The quantitative estimate of drug-likeness (QED) is 0.750. The standard InChI is InChI=1S/C21H21NO5/c1-2-21(26)16-8-13-14(19(24)15(16)9-27-20(21)25)7-11-5-10-6-12(23)3-4-17(10)22-18(11)13/h3-6,13-16,23,26H,2,7-9H2,1H3/t13?,14?,15?,16?,21-/m0/s1. The first-order chi connectivity index (χ1) is 12.9. The molecule has 2 N–H and O–H groups in total. The Morgan fingerprint density at radius 3 is 2.81 bits per heavy atom. The van der Waals surface area contributed by atoms with Crippen LogP contribution in [0, 0.1) is 17.8 Å². The van der Waals surface area contributed by atoms with E-state index in [9.17, 15) is 19.8 Å². The molecule has 27 heavy (non-hydrogen) atoms. The predicted octanol–water partition coefficient (Wildman–Crippen LogP) is 2.10. The molecule has 1 aliphatic heterocycles. The first-order valence-corrected chi connectivity index (χ1v) is 9.48. The second-order valence-corrected chi connectivity index (χ2v) is 8.05. The highest BCUT2D eigenvalue weighted by Crippen LogP contribution is 2.53. The van der Waals surface area contributed by atoms with E-state index in [-0.39, 0.29) is 36.4 Å². The molecular formula is C21H21NO5. The molecule has 5 atom stereocenters. The van der Waals surface area contributed by atoms with Crippen molar-refractivity contribution in [3.63, 3.8) is 0 Å². The van der Waals surface area contributed by atoms with Gasteiger partial charge in [-0.15, -0.1) is 0 Å². The Bertz CT molecular complexity index is 986. The van der Waals surface area contributed by atoms with Crippen LogP contribution in [-0.4, -0.2) is 39.2 Å². The summed E-state index contributed by atoms with van der Waals surface area (Å²) in [5.74, 6) is -1.50. The summed E-state index contributed by atoms with van der Waals surface area (Å²) in [4.78, 5) is 30.2. The van der Waals surface area contributed by atoms with Gasteiger partial charge in [0.2, 0.25) is 0 Å². The van der Waals surface area contributed by atoms with Gasteiger partial charge in [0.05, 0.1) is 11.4 Å². The number of phenols is 1. The molecule has 0 spiro atoms. The second-order valence-electron chi connectivity index (χ2n) is 8.05. The zero-order chi connectivity index (χ0) is 18.9. The largest absolute Gasteiger partial charge is 0.508 e. The van der Waals surface area contributed by atoms with Crippen LogP contribution in [0.3, 0.4) is 0 Å². The maximum atomic E-state index is 13.2. The number of cyclic esters (lactones) is 1. The lowest BCUT2D eigenvalue weighted by Crippen LogP contribution is -2.59. The van der Waals surface area contributed by atoms with E-state index in [2.05, 4.69) is 0 Å². The van der Waals surface area contributed by atoms with E-state index in [4.69, 9.17) is 9.72 Å². The number of Topliss-reactive ketones (excluding diaryl/α,β-unsaturated/α-hetero) is 1. The molecule has 6 heteroatoms. The minimum atomic E-state index is -1.60. The van der Waals surface area contributed by atoms with Crippen molar-refractivity contribution in [3.8, 4) is 5.75 Å². The molecule has 1 aromatic carbocycles. The maximum absolute atomic E-state index is 13.2. The molecule has 6 nitrogen and oxygen atoms in total. The summed E-state index contributed by atoms with van der Waals surface area (Å²) in [7, 11) is 0. The second kappa shape index (κ2) is 5.52. The maximum Gasteiger partial charge on any atom is 0.338 e. The third kappa shape index (κ3) is 2.19. The summed E-state index contributed by atoms with van der Waals surface area (Å²) in [6.45, 7) is 1.81. The molecule has 0 bridgehead atoms. The number of carbonyl (C=O) groups excluding carboxylic acids is 2. The number of hydrogen-bond acceptors (Lipinski definition) is 6. The van der Waals surface area contributed by atoms with Gasteiger partial charge in [0, 0.05) is 28.8 Å². The molecule has 0 radical (unpaired) electrons. The molecule has 2 fully saturated rings. The molecule has 1 saturated heterocycles. The number of phenolic OH excluding ortho intramolecular Hbond substituents is 1. The van der Waals surface area contributed by atoms with Crippen molar-refractivity contribution in [2.75, 3.05) is 6.61 Å². The van der Waals surface area contributed by atoms with Crippen LogP contribution in [0.25, 0.3) is 10.9 Å². The Kier molecular flexibility index (Phi) is 3.41. The smallest absolute Gasteiger partial charge is 0.338 e. The van der Waals surface area contributed by atoms with E-state index in [1.54, 1.807) is 25.1 Å². The van der Waals surface area contributed by atoms with E-state index in [0.29, 0.717) is 12.8 Å². The number of aromatic hydroxyl groups is 1. The van der Waals surface area contributed by atoms with Crippen LogP contribution < -0.4 is 0 Å². The SMILES string of the molecule is CC[C@@]1(O)C(=O)OCC2C(=O)C3Cc4cc5cc(O)ccc5nc4C3CC21. The third-order valence-corrected chi connectivity index (χ3v) is 6.81. The number of rotatable bonds is 1. The molecule has 2 aromatic rings. The zero-order valence-electron chi connectivity index (χ0n) is 15.0. The zero-order valence-corrected chi connectivity index (χ0v) is 15.0. The number of carbonyl (C=O) groups is 2. The van der Waals surface area contributed by atoms with Crippen LogP contribution in [-0.2, 0) is 20.7 Å². The van der Waals surface area contributed by atoms with E-state index in [1.807, 2.05) is 6.07 Å². The number of esters is 1. The summed E-state index contributed by atoms with van der Waals surface area (Å²) in [6, 6.07) is 7.05. The van der Waals surface area contributed by atoms with Gasteiger partial charge in [0.15, 0.2) is 5.60 Å². The molecule has 140 valence electrons. The molecule has 3 aliphatic rings. The van der Waals surface area contributed by atoms with Gasteiger partial charge in [-0.1, -0.05) is 6.92 Å². The fraction of sp³-hybridized carbons (Fsp3) is 0.476. The number of fused-ring (bicyclic) bond motifs is 5. The Morgan fingerprint density at radius 2 is 2.04 bits per heavy atom.